The molecule has 0 unspecified atom stereocenters. The number of methoxy groups -OCH3 is 2. The first-order valence-electron chi connectivity index (χ1n) is 6.58. The number of hydrogen-bond acceptors (Lipinski definition) is 4. The molecule has 0 spiro atoms. The fraction of sp³-hybridized carbons (Fsp3) is 0.467. The zero-order valence-electron chi connectivity index (χ0n) is 13.1. The number of anilines is 1. The Hall–Kier alpha value is -1.82. The predicted octanol–water partition coefficient (Wildman–Crippen LogP) is 2.95. The summed E-state index contributed by atoms with van der Waals surface area (Å²) >= 11 is 5.14. The average Bonchev–Trinajstić information content (AvgIpc) is 2.36. The van der Waals surface area contributed by atoms with E-state index in [0.717, 1.165) is 0 Å². The monoisotopic (exact) mass is 310 g/mol. The van der Waals surface area contributed by atoms with Crippen LogP contribution in [-0.4, -0.2) is 25.2 Å². The molecule has 21 heavy (non-hydrogen) atoms. The number of nitrogens with one attached hydrogen (secondary N) is 2. The Labute approximate surface area is 131 Å². The van der Waals surface area contributed by atoms with Crippen LogP contribution in [0.15, 0.2) is 18.2 Å². The van der Waals surface area contributed by atoms with Gasteiger partial charge < -0.3 is 20.1 Å². The SMILES string of the molecule is COc1ccc(NC(=S)NC(=O)CC(C)(C)C)c(OC)c1. The molecule has 0 aliphatic heterocycles. The molecule has 0 bridgehead atoms. The van der Waals surface area contributed by atoms with Gasteiger partial charge in [0.1, 0.15) is 11.5 Å². The summed E-state index contributed by atoms with van der Waals surface area (Å²) in [6.07, 6.45) is 0.397. The Morgan fingerprint density at radius 2 is 1.90 bits per heavy atom. The van der Waals surface area contributed by atoms with E-state index >= 15 is 0 Å². The highest BCUT2D eigenvalue weighted by molar-refractivity contribution is 7.80. The molecule has 0 atom stereocenters. The number of carbonyl (C=O) groups is 1. The number of benzene rings is 1. The average molecular weight is 310 g/mol. The van der Waals surface area contributed by atoms with E-state index < -0.39 is 0 Å². The molecular formula is C15H22N2O3S. The van der Waals surface area contributed by atoms with E-state index in [4.69, 9.17) is 21.7 Å². The molecule has 1 rings (SSSR count). The van der Waals surface area contributed by atoms with Crippen LogP contribution < -0.4 is 20.1 Å². The van der Waals surface area contributed by atoms with Crippen molar-refractivity contribution < 1.29 is 14.3 Å². The number of carbonyl (C=O) groups excluding carboxylic acids is 1. The summed E-state index contributed by atoms with van der Waals surface area (Å²) in [6.45, 7) is 5.99. The van der Waals surface area contributed by atoms with Crippen molar-refractivity contribution in [3.8, 4) is 11.5 Å². The molecule has 6 heteroatoms. The molecule has 5 nitrogen and oxygen atoms in total. The first-order valence-corrected chi connectivity index (χ1v) is 6.99. The lowest BCUT2D eigenvalue weighted by Crippen LogP contribution is -2.36. The number of ether oxygens (including phenoxy) is 2. The lowest BCUT2D eigenvalue weighted by atomic mass is 9.92. The van der Waals surface area contributed by atoms with Gasteiger partial charge in [0.05, 0.1) is 19.9 Å². The fourth-order valence-corrected chi connectivity index (χ4v) is 1.93. The van der Waals surface area contributed by atoms with Gasteiger partial charge in [-0.3, -0.25) is 4.79 Å². The minimum atomic E-state index is -0.118. The summed E-state index contributed by atoms with van der Waals surface area (Å²) in [6, 6.07) is 5.30. The van der Waals surface area contributed by atoms with E-state index in [9.17, 15) is 4.79 Å². The molecule has 1 aromatic rings. The van der Waals surface area contributed by atoms with Gasteiger partial charge in [-0.05, 0) is 29.8 Å². The van der Waals surface area contributed by atoms with Gasteiger partial charge >= 0.3 is 0 Å². The Morgan fingerprint density at radius 3 is 2.43 bits per heavy atom. The normalized spacial score (nSPS) is 10.7. The second-order valence-corrected chi connectivity index (χ2v) is 6.21. The zero-order valence-corrected chi connectivity index (χ0v) is 13.9. The molecule has 1 aromatic carbocycles. The summed E-state index contributed by atoms with van der Waals surface area (Å²) in [5, 5.41) is 5.85. The van der Waals surface area contributed by atoms with E-state index in [0.29, 0.717) is 23.6 Å². The van der Waals surface area contributed by atoms with Crippen molar-refractivity contribution in [3.63, 3.8) is 0 Å². The van der Waals surface area contributed by atoms with Crippen molar-refractivity contribution in [1.29, 1.82) is 0 Å². The van der Waals surface area contributed by atoms with Gasteiger partial charge in [-0.25, -0.2) is 0 Å². The quantitative estimate of drug-likeness (QED) is 0.837. The van der Waals surface area contributed by atoms with Crippen molar-refractivity contribution in [1.82, 2.24) is 5.32 Å². The highest BCUT2D eigenvalue weighted by Crippen LogP contribution is 2.28. The van der Waals surface area contributed by atoms with E-state index in [-0.39, 0.29) is 16.4 Å². The Bertz CT molecular complexity index is 524. The van der Waals surface area contributed by atoms with Gasteiger partial charge in [0, 0.05) is 12.5 Å². The maximum absolute atomic E-state index is 11.8. The molecule has 0 saturated heterocycles. The van der Waals surface area contributed by atoms with Crippen LogP contribution in [0.1, 0.15) is 27.2 Å². The molecular weight excluding hydrogens is 288 g/mol. The molecule has 1 amide bonds. The molecule has 0 fully saturated rings. The van der Waals surface area contributed by atoms with Crippen LogP contribution in [0.3, 0.4) is 0 Å². The lowest BCUT2D eigenvalue weighted by molar-refractivity contribution is -0.121. The van der Waals surface area contributed by atoms with Crippen LogP contribution in [0.2, 0.25) is 0 Å². The van der Waals surface area contributed by atoms with Gasteiger partial charge in [0.2, 0.25) is 5.91 Å². The molecule has 2 N–H and O–H groups in total. The highest BCUT2D eigenvalue weighted by Gasteiger charge is 2.17. The number of amides is 1. The van der Waals surface area contributed by atoms with Crippen LogP contribution in [0.4, 0.5) is 5.69 Å². The van der Waals surface area contributed by atoms with Crippen molar-refractivity contribution in [2.24, 2.45) is 5.41 Å². The second kappa shape index (κ2) is 7.26. The smallest absolute Gasteiger partial charge is 0.226 e. The van der Waals surface area contributed by atoms with Crippen LogP contribution in [0.25, 0.3) is 0 Å². The minimum Gasteiger partial charge on any atom is -0.497 e. The molecule has 0 radical (unpaired) electrons. The fourth-order valence-electron chi connectivity index (χ4n) is 1.71. The summed E-state index contributed by atoms with van der Waals surface area (Å²) in [7, 11) is 3.14. The predicted molar refractivity (Wildman–Crippen MR) is 88.0 cm³/mol. The second-order valence-electron chi connectivity index (χ2n) is 5.81. The molecule has 0 saturated carbocycles. The van der Waals surface area contributed by atoms with Gasteiger partial charge in [0.25, 0.3) is 0 Å². The molecule has 0 aromatic heterocycles. The summed E-state index contributed by atoms with van der Waals surface area (Å²) < 4.78 is 10.4. The highest BCUT2D eigenvalue weighted by atomic mass is 32.1. The van der Waals surface area contributed by atoms with E-state index in [1.54, 1.807) is 32.4 Å². The van der Waals surface area contributed by atoms with Crippen LogP contribution in [0.5, 0.6) is 11.5 Å². The third-order valence-electron chi connectivity index (χ3n) is 2.60. The first-order chi connectivity index (χ1) is 9.75. The number of thiocarbonyl (C=S) groups is 1. The summed E-state index contributed by atoms with van der Waals surface area (Å²) in [5.41, 5.74) is 0.580. The van der Waals surface area contributed by atoms with E-state index in [1.807, 2.05) is 20.8 Å². The molecule has 0 aliphatic carbocycles. The van der Waals surface area contributed by atoms with Crippen molar-refractivity contribution in [2.45, 2.75) is 27.2 Å². The molecule has 0 aliphatic rings. The third-order valence-corrected chi connectivity index (χ3v) is 2.80. The Kier molecular flexibility index (Phi) is 5.96. The lowest BCUT2D eigenvalue weighted by Gasteiger charge is -2.18. The Morgan fingerprint density at radius 1 is 1.24 bits per heavy atom. The van der Waals surface area contributed by atoms with E-state index in [1.165, 1.54) is 0 Å². The topological polar surface area (TPSA) is 59.6 Å². The Balaban J connectivity index is 2.69. The standard InChI is InChI=1S/C15H22N2O3S/c1-15(2,3)9-13(18)17-14(21)16-11-7-6-10(19-4)8-12(11)20-5/h6-8H,9H2,1-5H3,(H2,16,17,18,21). The maximum Gasteiger partial charge on any atom is 0.226 e. The van der Waals surface area contributed by atoms with Gasteiger partial charge in [0.15, 0.2) is 5.11 Å². The van der Waals surface area contributed by atoms with Crippen LogP contribution in [0, 0.1) is 5.41 Å². The maximum atomic E-state index is 11.8. The van der Waals surface area contributed by atoms with Crippen molar-refractivity contribution in [3.05, 3.63) is 18.2 Å². The van der Waals surface area contributed by atoms with Crippen molar-refractivity contribution in [2.75, 3.05) is 19.5 Å². The third kappa shape index (κ3) is 5.99. The summed E-state index contributed by atoms with van der Waals surface area (Å²) in [4.78, 5) is 11.8. The minimum absolute atomic E-state index is 0.0858. The zero-order chi connectivity index (χ0) is 16.0. The first kappa shape index (κ1) is 17.2. The molecule has 116 valence electrons. The summed E-state index contributed by atoms with van der Waals surface area (Å²) in [5.74, 6) is 1.15. The molecule has 0 heterocycles. The van der Waals surface area contributed by atoms with Crippen LogP contribution in [-0.2, 0) is 4.79 Å². The van der Waals surface area contributed by atoms with Gasteiger partial charge in [-0.15, -0.1) is 0 Å². The van der Waals surface area contributed by atoms with Gasteiger partial charge in [-0.1, -0.05) is 20.8 Å². The van der Waals surface area contributed by atoms with Crippen molar-refractivity contribution >= 4 is 28.9 Å². The number of hydrogen-bond donors (Lipinski definition) is 2. The van der Waals surface area contributed by atoms with Gasteiger partial charge in [-0.2, -0.15) is 0 Å². The largest absolute Gasteiger partial charge is 0.497 e. The van der Waals surface area contributed by atoms with E-state index in [2.05, 4.69) is 10.6 Å². The number of rotatable bonds is 4. The van der Waals surface area contributed by atoms with Crippen LogP contribution >= 0.6 is 12.2 Å².